The lowest BCUT2D eigenvalue weighted by atomic mass is 10.2. The van der Waals surface area contributed by atoms with Crippen molar-refractivity contribution in [3.63, 3.8) is 0 Å². The molecular formula is C9H20N2O. The van der Waals surface area contributed by atoms with Gasteiger partial charge in [-0.3, -0.25) is 4.79 Å². The molecule has 72 valence electrons. The van der Waals surface area contributed by atoms with Gasteiger partial charge in [0, 0.05) is 25.6 Å². The number of hydrogen-bond donors (Lipinski definition) is 1. The first-order valence-corrected chi connectivity index (χ1v) is 4.63. The maximum atomic E-state index is 11.4. The smallest absolute Gasteiger partial charge is 0.222 e. The van der Waals surface area contributed by atoms with Crippen LogP contribution in [-0.2, 0) is 4.79 Å². The van der Waals surface area contributed by atoms with Crippen LogP contribution in [0.5, 0.6) is 0 Å². The molecule has 3 nitrogen and oxygen atoms in total. The van der Waals surface area contributed by atoms with Gasteiger partial charge in [0.2, 0.25) is 5.91 Å². The molecule has 0 saturated heterocycles. The highest BCUT2D eigenvalue weighted by atomic mass is 16.2. The molecule has 0 heterocycles. The van der Waals surface area contributed by atoms with Gasteiger partial charge in [-0.2, -0.15) is 0 Å². The third kappa shape index (κ3) is 3.72. The second-order valence-electron chi connectivity index (χ2n) is 3.22. The number of nitrogens with zero attached hydrogens (tertiary/aromatic N) is 1. The summed E-state index contributed by atoms with van der Waals surface area (Å²) in [5, 5.41) is 0. The molecule has 0 unspecified atom stereocenters. The normalized spacial score (nSPS) is 10.4. The molecule has 12 heavy (non-hydrogen) atoms. The van der Waals surface area contributed by atoms with E-state index >= 15 is 0 Å². The van der Waals surface area contributed by atoms with Crippen molar-refractivity contribution < 1.29 is 4.79 Å². The maximum Gasteiger partial charge on any atom is 0.222 e. The van der Waals surface area contributed by atoms with Crippen molar-refractivity contribution in [1.29, 1.82) is 0 Å². The zero-order valence-corrected chi connectivity index (χ0v) is 8.34. The van der Waals surface area contributed by atoms with Crippen molar-refractivity contribution in [2.45, 2.75) is 39.7 Å². The quantitative estimate of drug-likeness (QED) is 0.672. The maximum absolute atomic E-state index is 11.4. The Labute approximate surface area is 74.9 Å². The van der Waals surface area contributed by atoms with E-state index in [-0.39, 0.29) is 11.9 Å². The first-order valence-electron chi connectivity index (χ1n) is 4.63. The van der Waals surface area contributed by atoms with Gasteiger partial charge in [-0.1, -0.05) is 6.92 Å². The van der Waals surface area contributed by atoms with E-state index in [0.29, 0.717) is 19.5 Å². The van der Waals surface area contributed by atoms with Gasteiger partial charge < -0.3 is 10.6 Å². The first-order chi connectivity index (χ1) is 5.63. The molecule has 3 heteroatoms. The van der Waals surface area contributed by atoms with E-state index in [1.165, 1.54) is 0 Å². The van der Waals surface area contributed by atoms with E-state index in [4.69, 9.17) is 5.73 Å². The Hall–Kier alpha value is -0.570. The van der Waals surface area contributed by atoms with E-state index in [9.17, 15) is 4.79 Å². The lowest BCUT2D eigenvalue weighted by molar-refractivity contribution is -0.132. The summed E-state index contributed by atoms with van der Waals surface area (Å²) >= 11 is 0. The van der Waals surface area contributed by atoms with E-state index in [1.54, 1.807) is 0 Å². The molecule has 0 aromatic carbocycles. The van der Waals surface area contributed by atoms with Crippen molar-refractivity contribution >= 4 is 5.91 Å². The Bertz CT molecular complexity index is 134. The number of carbonyl (C=O) groups excluding carboxylic acids is 1. The van der Waals surface area contributed by atoms with Crippen LogP contribution in [0.2, 0.25) is 0 Å². The summed E-state index contributed by atoms with van der Waals surface area (Å²) < 4.78 is 0. The van der Waals surface area contributed by atoms with Crippen LogP contribution >= 0.6 is 0 Å². The fourth-order valence-electron chi connectivity index (χ4n) is 1.17. The van der Waals surface area contributed by atoms with E-state index < -0.39 is 0 Å². The molecule has 0 aliphatic heterocycles. The average Bonchev–Trinajstić information content (AvgIpc) is 1.99. The minimum absolute atomic E-state index is 0.220. The van der Waals surface area contributed by atoms with Crippen LogP contribution in [0.4, 0.5) is 0 Å². The predicted octanol–water partition coefficient (Wildman–Crippen LogP) is 0.982. The van der Waals surface area contributed by atoms with Crippen LogP contribution < -0.4 is 5.73 Å². The zero-order chi connectivity index (χ0) is 9.56. The Morgan fingerprint density at radius 2 is 2.08 bits per heavy atom. The highest BCUT2D eigenvalue weighted by Gasteiger charge is 2.13. The summed E-state index contributed by atoms with van der Waals surface area (Å²) in [7, 11) is 0. The Morgan fingerprint density at radius 3 is 2.42 bits per heavy atom. The van der Waals surface area contributed by atoms with Crippen LogP contribution in [0.25, 0.3) is 0 Å². The van der Waals surface area contributed by atoms with Crippen LogP contribution in [0.3, 0.4) is 0 Å². The minimum Gasteiger partial charge on any atom is -0.339 e. The van der Waals surface area contributed by atoms with Crippen molar-refractivity contribution in [3.8, 4) is 0 Å². The number of amides is 1. The third-order valence-corrected chi connectivity index (χ3v) is 1.78. The highest BCUT2D eigenvalue weighted by molar-refractivity contribution is 5.76. The van der Waals surface area contributed by atoms with Gasteiger partial charge in [0.25, 0.3) is 0 Å². The molecule has 0 aromatic heterocycles. The number of hydrogen-bond acceptors (Lipinski definition) is 2. The average molecular weight is 172 g/mol. The largest absolute Gasteiger partial charge is 0.339 e. The summed E-state index contributed by atoms with van der Waals surface area (Å²) in [5.41, 5.74) is 5.41. The lowest BCUT2D eigenvalue weighted by Gasteiger charge is -2.25. The summed E-state index contributed by atoms with van der Waals surface area (Å²) in [6, 6.07) is 0.271. The summed E-state index contributed by atoms with van der Waals surface area (Å²) in [6.07, 6.45) is 1.55. The van der Waals surface area contributed by atoms with Crippen molar-refractivity contribution in [1.82, 2.24) is 4.90 Å². The summed E-state index contributed by atoms with van der Waals surface area (Å²) in [4.78, 5) is 13.3. The van der Waals surface area contributed by atoms with Crippen LogP contribution in [0, 0.1) is 0 Å². The second kappa shape index (κ2) is 6.00. The third-order valence-electron chi connectivity index (χ3n) is 1.78. The van der Waals surface area contributed by atoms with Gasteiger partial charge in [-0.15, -0.1) is 0 Å². The summed E-state index contributed by atoms with van der Waals surface area (Å²) in [6.45, 7) is 7.27. The standard InChI is InChI=1S/C9H20N2O/c1-4-5-9(12)11(7-6-10)8(2)3/h8H,4-7,10H2,1-3H3. The molecule has 0 spiro atoms. The number of nitrogens with two attached hydrogens (primary N) is 1. The van der Waals surface area contributed by atoms with Gasteiger partial charge in [0.1, 0.15) is 0 Å². The van der Waals surface area contributed by atoms with Crippen LogP contribution in [-0.4, -0.2) is 29.9 Å². The fourth-order valence-corrected chi connectivity index (χ4v) is 1.17. The number of rotatable bonds is 5. The van der Waals surface area contributed by atoms with Crippen molar-refractivity contribution in [2.24, 2.45) is 5.73 Å². The summed E-state index contributed by atoms with van der Waals surface area (Å²) in [5.74, 6) is 0.220. The fraction of sp³-hybridized carbons (Fsp3) is 0.889. The van der Waals surface area contributed by atoms with E-state index in [0.717, 1.165) is 6.42 Å². The van der Waals surface area contributed by atoms with Gasteiger partial charge >= 0.3 is 0 Å². The predicted molar refractivity (Wildman–Crippen MR) is 50.8 cm³/mol. The molecule has 1 amide bonds. The molecular weight excluding hydrogens is 152 g/mol. The molecule has 0 aliphatic carbocycles. The highest BCUT2D eigenvalue weighted by Crippen LogP contribution is 2.02. The molecule has 0 atom stereocenters. The van der Waals surface area contributed by atoms with Gasteiger partial charge in [-0.25, -0.2) is 0 Å². The van der Waals surface area contributed by atoms with Crippen LogP contribution in [0.15, 0.2) is 0 Å². The van der Waals surface area contributed by atoms with Crippen molar-refractivity contribution in [2.75, 3.05) is 13.1 Å². The number of carbonyl (C=O) groups is 1. The topological polar surface area (TPSA) is 46.3 Å². The second-order valence-corrected chi connectivity index (χ2v) is 3.22. The molecule has 0 bridgehead atoms. The van der Waals surface area contributed by atoms with Crippen LogP contribution in [0.1, 0.15) is 33.6 Å². The monoisotopic (exact) mass is 172 g/mol. The van der Waals surface area contributed by atoms with Gasteiger partial charge in [0.15, 0.2) is 0 Å². The molecule has 0 aromatic rings. The van der Waals surface area contributed by atoms with E-state index in [1.807, 2.05) is 25.7 Å². The Morgan fingerprint density at radius 1 is 1.50 bits per heavy atom. The lowest BCUT2D eigenvalue weighted by Crippen LogP contribution is -2.40. The molecule has 0 saturated carbocycles. The molecule has 0 rings (SSSR count). The molecule has 0 aliphatic rings. The first kappa shape index (κ1) is 11.4. The molecule has 0 radical (unpaired) electrons. The Kier molecular flexibility index (Phi) is 5.72. The molecule has 0 fully saturated rings. The Balaban J connectivity index is 4.00. The SMILES string of the molecule is CCCC(=O)N(CCN)C(C)C. The van der Waals surface area contributed by atoms with Gasteiger partial charge in [0.05, 0.1) is 0 Å². The molecule has 2 N–H and O–H groups in total. The van der Waals surface area contributed by atoms with Crippen molar-refractivity contribution in [3.05, 3.63) is 0 Å². The minimum atomic E-state index is 0.220. The van der Waals surface area contributed by atoms with E-state index in [2.05, 4.69) is 0 Å². The zero-order valence-electron chi connectivity index (χ0n) is 8.34. The van der Waals surface area contributed by atoms with Gasteiger partial charge in [-0.05, 0) is 20.3 Å².